The van der Waals surface area contributed by atoms with E-state index in [0.717, 1.165) is 4.47 Å². The van der Waals surface area contributed by atoms with Crippen molar-refractivity contribution in [3.63, 3.8) is 0 Å². The van der Waals surface area contributed by atoms with E-state index in [1.54, 1.807) is 32.9 Å². The maximum absolute atomic E-state index is 12.2. The van der Waals surface area contributed by atoms with Gasteiger partial charge in [0, 0.05) is 15.7 Å². The van der Waals surface area contributed by atoms with E-state index in [4.69, 9.17) is 4.74 Å². The molecular formula is C18H21BrN2O4S. The molecule has 0 radical (unpaired) electrons. The molecule has 0 fully saturated rings. The third kappa shape index (κ3) is 6.44. The standard InChI is InChI=1S/C18H21BrN2O4S/c1-18(2,3)21-26(23,24)16-9-7-15(8-10-16)25-12-17(22)20-14-6-4-5-13(19)11-14/h4-11,21H,12H2,1-3H3,(H,20,22). The Labute approximate surface area is 162 Å². The van der Waals surface area contributed by atoms with Gasteiger partial charge in [-0.2, -0.15) is 0 Å². The Morgan fingerprint density at radius 3 is 2.35 bits per heavy atom. The number of halogens is 1. The lowest BCUT2D eigenvalue weighted by Crippen LogP contribution is -2.40. The molecule has 26 heavy (non-hydrogen) atoms. The molecule has 140 valence electrons. The number of sulfonamides is 1. The minimum Gasteiger partial charge on any atom is -0.484 e. The van der Waals surface area contributed by atoms with E-state index in [-0.39, 0.29) is 17.4 Å². The predicted molar refractivity (Wildman–Crippen MR) is 105 cm³/mol. The summed E-state index contributed by atoms with van der Waals surface area (Å²) in [5.74, 6) is 0.0956. The molecule has 0 saturated carbocycles. The summed E-state index contributed by atoms with van der Waals surface area (Å²) in [5, 5.41) is 2.71. The van der Waals surface area contributed by atoms with Crippen LogP contribution in [0.1, 0.15) is 20.8 Å². The van der Waals surface area contributed by atoms with E-state index in [1.165, 1.54) is 24.3 Å². The summed E-state index contributed by atoms with van der Waals surface area (Å²) in [6.45, 7) is 5.13. The Kier molecular flexibility index (Phi) is 6.44. The molecule has 0 heterocycles. The maximum atomic E-state index is 12.2. The van der Waals surface area contributed by atoms with E-state index in [0.29, 0.717) is 11.4 Å². The topological polar surface area (TPSA) is 84.5 Å². The van der Waals surface area contributed by atoms with E-state index >= 15 is 0 Å². The molecular weight excluding hydrogens is 420 g/mol. The van der Waals surface area contributed by atoms with Crippen LogP contribution in [0.2, 0.25) is 0 Å². The lowest BCUT2D eigenvalue weighted by Gasteiger charge is -2.20. The van der Waals surface area contributed by atoms with Crippen LogP contribution in [0.5, 0.6) is 5.75 Å². The SMILES string of the molecule is CC(C)(C)NS(=O)(=O)c1ccc(OCC(=O)Nc2cccc(Br)c2)cc1. The number of hydrogen-bond donors (Lipinski definition) is 2. The number of carbonyl (C=O) groups excluding carboxylic acids is 1. The van der Waals surface area contributed by atoms with Crippen LogP contribution in [0.4, 0.5) is 5.69 Å². The number of benzene rings is 2. The highest BCUT2D eigenvalue weighted by Gasteiger charge is 2.21. The highest BCUT2D eigenvalue weighted by Crippen LogP contribution is 2.18. The van der Waals surface area contributed by atoms with Crippen LogP contribution in [-0.2, 0) is 14.8 Å². The number of amides is 1. The van der Waals surface area contributed by atoms with Gasteiger partial charge in [0.05, 0.1) is 4.90 Å². The molecule has 8 heteroatoms. The molecule has 0 aromatic heterocycles. The zero-order valence-corrected chi connectivity index (χ0v) is 17.1. The zero-order chi connectivity index (χ0) is 19.4. The highest BCUT2D eigenvalue weighted by molar-refractivity contribution is 9.10. The fourth-order valence-corrected chi connectivity index (χ4v) is 3.91. The van der Waals surface area contributed by atoms with Crippen LogP contribution in [0.25, 0.3) is 0 Å². The quantitative estimate of drug-likeness (QED) is 0.718. The molecule has 1 amide bonds. The molecule has 0 atom stereocenters. The molecule has 2 N–H and O–H groups in total. The van der Waals surface area contributed by atoms with Gasteiger partial charge in [-0.15, -0.1) is 0 Å². The van der Waals surface area contributed by atoms with Crippen LogP contribution in [0.15, 0.2) is 57.9 Å². The second-order valence-electron chi connectivity index (χ2n) is 6.67. The fourth-order valence-electron chi connectivity index (χ4n) is 2.09. The first-order valence-corrected chi connectivity index (χ1v) is 10.1. The normalized spacial score (nSPS) is 11.8. The maximum Gasteiger partial charge on any atom is 0.262 e. The predicted octanol–water partition coefficient (Wildman–Crippen LogP) is 3.54. The Morgan fingerprint density at radius 2 is 1.77 bits per heavy atom. The molecule has 0 spiro atoms. The minimum atomic E-state index is -3.60. The lowest BCUT2D eigenvalue weighted by atomic mass is 10.1. The largest absolute Gasteiger partial charge is 0.484 e. The van der Waals surface area contributed by atoms with Crippen molar-refractivity contribution in [1.82, 2.24) is 4.72 Å². The van der Waals surface area contributed by atoms with E-state index in [9.17, 15) is 13.2 Å². The van der Waals surface area contributed by atoms with Gasteiger partial charge in [0.2, 0.25) is 10.0 Å². The Hall–Kier alpha value is -1.90. The van der Waals surface area contributed by atoms with Crippen molar-refractivity contribution in [1.29, 1.82) is 0 Å². The van der Waals surface area contributed by atoms with Crippen LogP contribution < -0.4 is 14.8 Å². The van der Waals surface area contributed by atoms with Crippen molar-refractivity contribution in [2.45, 2.75) is 31.2 Å². The first-order valence-electron chi connectivity index (χ1n) is 7.87. The smallest absolute Gasteiger partial charge is 0.262 e. The van der Waals surface area contributed by atoms with Crippen molar-refractivity contribution < 1.29 is 17.9 Å². The number of ether oxygens (including phenoxy) is 1. The summed E-state index contributed by atoms with van der Waals surface area (Å²) in [6, 6.07) is 13.1. The van der Waals surface area contributed by atoms with Gasteiger partial charge in [0.15, 0.2) is 6.61 Å². The van der Waals surface area contributed by atoms with Crippen molar-refractivity contribution in [2.24, 2.45) is 0 Å². The van der Waals surface area contributed by atoms with E-state index < -0.39 is 15.6 Å². The Bertz CT molecular complexity index is 875. The number of nitrogens with one attached hydrogen (secondary N) is 2. The average molecular weight is 441 g/mol. The fraction of sp³-hybridized carbons (Fsp3) is 0.278. The van der Waals surface area contributed by atoms with Gasteiger partial charge >= 0.3 is 0 Å². The molecule has 2 aromatic carbocycles. The Balaban J connectivity index is 1.94. The molecule has 0 unspecified atom stereocenters. The monoisotopic (exact) mass is 440 g/mol. The van der Waals surface area contributed by atoms with Crippen molar-refractivity contribution in [3.05, 3.63) is 53.0 Å². The van der Waals surface area contributed by atoms with Gasteiger partial charge in [-0.05, 0) is 63.2 Å². The third-order valence-corrected chi connectivity index (χ3v) is 5.32. The number of carbonyl (C=O) groups is 1. The van der Waals surface area contributed by atoms with Crippen LogP contribution in [0.3, 0.4) is 0 Å². The summed E-state index contributed by atoms with van der Waals surface area (Å²) in [4.78, 5) is 12.1. The first-order chi connectivity index (χ1) is 12.0. The summed E-state index contributed by atoms with van der Waals surface area (Å²) in [7, 11) is -3.60. The summed E-state index contributed by atoms with van der Waals surface area (Å²) in [6.07, 6.45) is 0. The number of rotatable bonds is 6. The van der Waals surface area contributed by atoms with Gasteiger partial charge in [-0.3, -0.25) is 4.79 Å². The molecule has 2 rings (SSSR count). The molecule has 0 aliphatic carbocycles. The van der Waals surface area contributed by atoms with Crippen LogP contribution >= 0.6 is 15.9 Å². The minimum absolute atomic E-state index is 0.137. The second-order valence-corrected chi connectivity index (χ2v) is 9.27. The molecule has 0 bridgehead atoms. The zero-order valence-electron chi connectivity index (χ0n) is 14.7. The lowest BCUT2D eigenvalue weighted by molar-refractivity contribution is -0.118. The second kappa shape index (κ2) is 8.20. The van der Waals surface area contributed by atoms with Crippen LogP contribution in [-0.4, -0.2) is 26.5 Å². The van der Waals surface area contributed by atoms with Gasteiger partial charge in [-0.1, -0.05) is 22.0 Å². The van der Waals surface area contributed by atoms with Crippen molar-refractivity contribution in [2.75, 3.05) is 11.9 Å². The van der Waals surface area contributed by atoms with E-state index in [1.807, 2.05) is 12.1 Å². The molecule has 0 aliphatic heterocycles. The average Bonchev–Trinajstić information content (AvgIpc) is 2.51. The molecule has 2 aromatic rings. The number of hydrogen-bond acceptors (Lipinski definition) is 4. The van der Waals surface area contributed by atoms with Crippen molar-refractivity contribution >= 4 is 37.5 Å². The van der Waals surface area contributed by atoms with Gasteiger partial charge in [0.25, 0.3) is 5.91 Å². The molecule has 6 nitrogen and oxygen atoms in total. The molecule has 0 aliphatic rings. The number of anilines is 1. The van der Waals surface area contributed by atoms with Crippen molar-refractivity contribution in [3.8, 4) is 5.75 Å². The summed E-state index contributed by atoms with van der Waals surface area (Å²) < 4.78 is 33.3. The van der Waals surface area contributed by atoms with Gasteiger partial charge in [0.1, 0.15) is 5.75 Å². The van der Waals surface area contributed by atoms with Gasteiger partial charge in [-0.25, -0.2) is 13.1 Å². The summed E-state index contributed by atoms with van der Waals surface area (Å²) >= 11 is 3.33. The van der Waals surface area contributed by atoms with E-state index in [2.05, 4.69) is 26.0 Å². The molecule has 0 saturated heterocycles. The third-order valence-electron chi connectivity index (χ3n) is 3.05. The summed E-state index contributed by atoms with van der Waals surface area (Å²) in [5.41, 5.74) is 0.0843. The Morgan fingerprint density at radius 1 is 1.12 bits per heavy atom. The first kappa shape index (κ1) is 20.4. The van der Waals surface area contributed by atoms with Crippen LogP contribution in [0, 0.1) is 0 Å². The highest BCUT2D eigenvalue weighted by atomic mass is 79.9. The van der Waals surface area contributed by atoms with Gasteiger partial charge < -0.3 is 10.1 Å².